The summed E-state index contributed by atoms with van der Waals surface area (Å²) in [7, 11) is 1.71. The van der Waals surface area contributed by atoms with E-state index in [9.17, 15) is 14.0 Å². The average molecular weight is 456 g/mol. The van der Waals surface area contributed by atoms with E-state index in [1.165, 1.54) is 27.8 Å². The summed E-state index contributed by atoms with van der Waals surface area (Å²) in [6.45, 7) is 0.190. The number of rotatable bonds is 4. The van der Waals surface area contributed by atoms with Crippen LogP contribution in [0.5, 0.6) is 0 Å². The molecule has 34 heavy (non-hydrogen) atoms. The minimum atomic E-state index is -0.417. The topological polar surface area (TPSA) is 116 Å². The summed E-state index contributed by atoms with van der Waals surface area (Å²) in [4.78, 5) is 30.9. The fraction of sp³-hybridized carbons (Fsp3) is 0.130. The molecule has 1 aromatic carbocycles. The standard InChI is InChI=1S/C23H17FN8O2/c1-30-18-10-28-31(12-14-4-2-3-5-17(14)24)22(33)19(18)16-9-27-32(23(34)20(16)30)11-13-6-7-25-21-15(13)8-26-29-21/h2-10H,11-12H2,1H3,(H,25,26,29). The zero-order valence-electron chi connectivity index (χ0n) is 17.9. The quantitative estimate of drug-likeness (QED) is 0.434. The van der Waals surface area contributed by atoms with Crippen LogP contribution in [0, 0.1) is 5.82 Å². The Hall–Kier alpha value is -4.67. The van der Waals surface area contributed by atoms with Gasteiger partial charge < -0.3 is 4.57 Å². The van der Waals surface area contributed by atoms with E-state index in [0.29, 0.717) is 33.0 Å². The lowest BCUT2D eigenvalue weighted by Crippen LogP contribution is -2.25. The monoisotopic (exact) mass is 456 g/mol. The summed E-state index contributed by atoms with van der Waals surface area (Å²) in [6, 6.07) is 8.04. The third-order valence-electron chi connectivity index (χ3n) is 6.05. The number of halogens is 1. The van der Waals surface area contributed by atoms with Crippen molar-refractivity contribution < 1.29 is 4.39 Å². The van der Waals surface area contributed by atoms with Crippen molar-refractivity contribution in [3.05, 3.63) is 92.8 Å². The van der Waals surface area contributed by atoms with Crippen LogP contribution >= 0.6 is 0 Å². The predicted molar refractivity (Wildman–Crippen MR) is 123 cm³/mol. The third kappa shape index (κ3) is 2.94. The van der Waals surface area contributed by atoms with Crippen molar-refractivity contribution in [3.8, 4) is 0 Å². The molecule has 0 aliphatic rings. The summed E-state index contributed by atoms with van der Waals surface area (Å²) < 4.78 is 18.3. The highest BCUT2D eigenvalue weighted by molar-refractivity contribution is 6.06. The van der Waals surface area contributed by atoms with Gasteiger partial charge in [0.2, 0.25) is 0 Å². The summed E-state index contributed by atoms with van der Waals surface area (Å²) in [5, 5.41) is 16.9. The second kappa shape index (κ2) is 7.44. The van der Waals surface area contributed by atoms with E-state index in [-0.39, 0.29) is 18.6 Å². The molecule has 0 saturated carbocycles. The first-order valence-corrected chi connectivity index (χ1v) is 10.5. The molecule has 0 aliphatic heterocycles. The van der Waals surface area contributed by atoms with Gasteiger partial charge in [-0.2, -0.15) is 15.3 Å². The molecule has 0 amide bonds. The van der Waals surface area contributed by atoms with E-state index in [2.05, 4.69) is 25.4 Å². The van der Waals surface area contributed by atoms with Gasteiger partial charge in [-0.15, -0.1) is 0 Å². The Balaban J connectivity index is 1.50. The minimum Gasteiger partial charge on any atom is -0.338 e. The lowest BCUT2D eigenvalue weighted by atomic mass is 10.2. The van der Waals surface area contributed by atoms with Gasteiger partial charge in [0.05, 0.1) is 42.6 Å². The molecule has 168 valence electrons. The first-order valence-electron chi connectivity index (χ1n) is 10.5. The lowest BCUT2D eigenvalue weighted by Gasteiger charge is -2.06. The Bertz CT molecular complexity index is 1850. The Labute approximate surface area is 189 Å². The summed E-state index contributed by atoms with van der Waals surface area (Å²) in [5.74, 6) is -0.415. The summed E-state index contributed by atoms with van der Waals surface area (Å²) in [5.41, 5.74) is 1.88. The van der Waals surface area contributed by atoms with Gasteiger partial charge in [0.15, 0.2) is 5.65 Å². The van der Waals surface area contributed by atoms with Crippen molar-refractivity contribution >= 4 is 32.8 Å². The number of H-pyrrole nitrogens is 1. The van der Waals surface area contributed by atoms with E-state index in [1.54, 1.807) is 42.2 Å². The molecule has 0 bridgehead atoms. The largest absolute Gasteiger partial charge is 0.338 e. The van der Waals surface area contributed by atoms with Gasteiger partial charge in [-0.3, -0.25) is 14.7 Å². The summed E-state index contributed by atoms with van der Waals surface area (Å²) >= 11 is 0. The number of pyridine rings is 1. The van der Waals surface area contributed by atoms with E-state index >= 15 is 0 Å². The predicted octanol–water partition coefficient (Wildman–Crippen LogP) is 1.95. The minimum absolute atomic E-state index is 0.0227. The van der Waals surface area contributed by atoms with E-state index in [1.807, 2.05) is 6.07 Å². The number of aryl methyl sites for hydroxylation is 1. The van der Waals surface area contributed by atoms with Crippen LogP contribution < -0.4 is 11.1 Å². The smallest absolute Gasteiger partial charge is 0.291 e. The lowest BCUT2D eigenvalue weighted by molar-refractivity contribution is 0.574. The Morgan fingerprint density at radius 1 is 0.912 bits per heavy atom. The van der Waals surface area contributed by atoms with Crippen LogP contribution in [0.25, 0.3) is 32.8 Å². The zero-order chi connectivity index (χ0) is 23.4. The number of nitrogens with zero attached hydrogens (tertiary/aromatic N) is 7. The average Bonchev–Trinajstić information content (AvgIpc) is 3.43. The second-order valence-electron chi connectivity index (χ2n) is 7.99. The van der Waals surface area contributed by atoms with Crippen molar-refractivity contribution in [2.45, 2.75) is 13.1 Å². The highest BCUT2D eigenvalue weighted by Gasteiger charge is 2.19. The van der Waals surface area contributed by atoms with Crippen LogP contribution in [0.1, 0.15) is 11.1 Å². The molecule has 10 nitrogen and oxygen atoms in total. The number of benzene rings is 1. The SMILES string of the molecule is Cn1c2cnn(Cc3ccccc3F)c(=O)c2c2cnn(Cc3ccnc4[nH]ncc34)c(=O)c21. The van der Waals surface area contributed by atoms with Crippen molar-refractivity contribution in [1.82, 2.24) is 39.3 Å². The molecule has 11 heteroatoms. The molecule has 6 aromatic rings. The molecule has 1 N–H and O–H groups in total. The normalized spacial score (nSPS) is 11.7. The maximum atomic E-state index is 14.1. The van der Waals surface area contributed by atoms with Gasteiger partial charge >= 0.3 is 0 Å². The molecular weight excluding hydrogens is 439 g/mol. The Kier molecular flexibility index (Phi) is 4.37. The number of aromatic nitrogens is 8. The van der Waals surface area contributed by atoms with Crippen molar-refractivity contribution in [3.63, 3.8) is 0 Å². The maximum absolute atomic E-state index is 14.1. The zero-order valence-corrected chi connectivity index (χ0v) is 17.9. The molecule has 5 heterocycles. The highest BCUT2D eigenvalue weighted by Crippen LogP contribution is 2.22. The van der Waals surface area contributed by atoms with Gasteiger partial charge in [-0.25, -0.2) is 18.7 Å². The van der Waals surface area contributed by atoms with Gasteiger partial charge in [0.25, 0.3) is 11.1 Å². The molecule has 0 unspecified atom stereocenters. The summed E-state index contributed by atoms with van der Waals surface area (Å²) in [6.07, 6.45) is 6.32. The number of nitrogens with one attached hydrogen (secondary N) is 1. The number of aromatic amines is 1. The van der Waals surface area contributed by atoms with Gasteiger partial charge in [0.1, 0.15) is 11.3 Å². The third-order valence-corrected chi connectivity index (χ3v) is 6.05. The first kappa shape index (κ1) is 20.0. The Morgan fingerprint density at radius 3 is 2.53 bits per heavy atom. The van der Waals surface area contributed by atoms with Crippen LogP contribution in [-0.4, -0.2) is 39.3 Å². The molecule has 0 radical (unpaired) electrons. The van der Waals surface area contributed by atoms with Crippen LogP contribution in [0.3, 0.4) is 0 Å². The number of fused-ring (bicyclic) bond motifs is 4. The molecular formula is C23H17FN8O2. The molecule has 0 saturated heterocycles. The van der Waals surface area contributed by atoms with Crippen LogP contribution in [0.2, 0.25) is 0 Å². The molecule has 0 fully saturated rings. The molecule has 6 rings (SSSR count). The molecule has 0 atom stereocenters. The van der Waals surface area contributed by atoms with Gasteiger partial charge in [-0.05, 0) is 17.7 Å². The highest BCUT2D eigenvalue weighted by atomic mass is 19.1. The van der Waals surface area contributed by atoms with Crippen LogP contribution in [0.4, 0.5) is 4.39 Å². The van der Waals surface area contributed by atoms with Gasteiger partial charge in [0, 0.05) is 29.6 Å². The van der Waals surface area contributed by atoms with E-state index in [4.69, 9.17) is 0 Å². The Morgan fingerprint density at radius 2 is 1.68 bits per heavy atom. The van der Waals surface area contributed by atoms with E-state index in [0.717, 1.165) is 10.9 Å². The second-order valence-corrected chi connectivity index (χ2v) is 7.99. The number of hydrogen-bond donors (Lipinski definition) is 1. The fourth-order valence-electron chi connectivity index (χ4n) is 4.31. The van der Waals surface area contributed by atoms with Crippen molar-refractivity contribution in [2.75, 3.05) is 0 Å². The van der Waals surface area contributed by atoms with E-state index < -0.39 is 11.4 Å². The molecule has 5 aromatic heterocycles. The molecule has 0 spiro atoms. The number of hydrogen-bond acceptors (Lipinski definition) is 6. The van der Waals surface area contributed by atoms with Crippen LogP contribution in [-0.2, 0) is 20.1 Å². The fourth-order valence-corrected chi connectivity index (χ4v) is 4.31. The molecule has 0 aliphatic carbocycles. The maximum Gasteiger partial charge on any atom is 0.291 e. The van der Waals surface area contributed by atoms with Gasteiger partial charge in [-0.1, -0.05) is 18.2 Å². The van der Waals surface area contributed by atoms with Crippen molar-refractivity contribution in [1.29, 1.82) is 0 Å². The van der Waals surface area contributed by atoms with Crippen molar-refractivity contribution in [2.24, 2.45) is 7.05 Å². The first-order chi connectivity index (χ1) is 16.5. The van der Waals surface area contributed by atoms with Crippen LogP contribution in [0.15, 0.2) is 64.7 Å².